The Balaban J connectivity index is 0.00000430. The van der Waals surface area contributed by atoms with Crippen molar-refractivity contribution >= 4 is 28.2 Å². The number of unbranched alkanes of at least 4 members (excludes halogenated alkanes) is 28. The van der Waals surface area contributed by atoms with Crippen molar-refractivity contribution in [2.24, 2.45) is 0 Å². The number of hydrogen-bond donors (Lipinski definition) is 2. The van der Waals surface area contributed by atoms with E-state index in [2.05, 4.69) is 38.1 Å². The van der Waals surface area contributed by atoms with Gasteiger partial charge in [-0.2, -0.15) is 0 Å². The predicted octanol–water partition coefficient (Wildman–Crippen LogP) is 10.5. The quantitative estimate of drug-likeness (QED) is 0.0283. The fourth-order valence-electron chi connectivity index (χ4n) is 7.12. The van der Waals surface area contributed by atoms with Gasteiger partial charge in [-0.25, -0.2) is 18.3 Å². The van der Waals surface area contributed by atoms with Crippen molar-refractivity contribution in [1.29, 1.82) is 0 Å². The van der Waals surface area contributed by atoms with Crippen LogP contribution in [0.5, 0.6) is 0 Å². The molecule has 0 bridgehead atoms. The molecule has 0 saturated carbocycles. The number of amides is 2. The zero-order valence-corrected chi connectivity index (χ0v) is 36.7. The van der Waals surface area contributed by atoms with Gasteiger partial charge in [0.2, 0.25) is 16.3 Å². The first-order valence-corrected chi connectivity index (χ1v) is 23.8. The zero-order chi connectivity index (χ0) is 40.1. The number of likely N-dealkylation sites (N-methyl/N-ethyl adjacent to an activating group) is 1. The van der Waals surface area contributed by atoms with Gasteiger partial charge in [-0.1, -0.05) is 194 Å². The lowest BCUT2D eigenvalue weighted by molar-refractivity contribution is -0.559. The highest BCUT2D eigenvalue weighted by Crippen LogP contribution is 2.15. The molecule has 0 spiro atoms. The minimum absolute atomic E-state index is 0.0924. The molecule has 1 atom stereocenters. The molecule has 1 aliphatic heterocycles. The van der Waals surface area contributed by atoms with Gasteiger partial charge in [0.05, 0.1) is 27.2 Å². The van der Waals surface area contributed by atoms with E-state index in [-0.39, 0.29) is 18.0 Å². The van der Waals surface area contributed by atoms with Crippen LogP contribution in [0.25, 0.3) is 0 Å². The Morgan fingerprint density at radius 1 is 0.630 bits per heavy atom. The molecule has 1 rings (SSSR count). The highest BCUT2D eigenvalue weighted by Gasteiger charge is 2.31. The summed E-state index contributed by atoms with van der Waals surface area (Å²) in [6, 6.07) is 0. The Morgan fingerprint density at radius 3 is 1.24 bits per heavy atom. The minimum atomic E-state index is -4.41. The Labute approximate surface area is 333 Å². The molecule has 0 aromatic heterocycles. The first-order chi connectivity index (χ1) is 26.1. The van der Waals surface area contributed by atoms with Crippen LogP contribution in [0.1, 0.15) is 226 Å². The van der Waals surface area contributed by atoms with Crippen LogP contribution in [0.2, 0.25) is 0 Å². The van der Waals surface area contributed by atoms with Gasteiger partial charge in [-0.3, -0.25) is 18.7 Å². The molecule has 0 aromatic rings. The zero-order valence-electron chi connectivity index (χ0n) is 35.9. The van der Waals surface area contributed by atoms with E-state index in [0.29, 0.717) is 12.8 Å². The van der Waals surface area contributed by atoms with Crippen molar-refractivity contribution in [3.8, 4) is 0 Å². The van der Waals surface area contributed by atoms with E-state index < -0.39 is 10.4 Å². The molecule has 11 heteroatoms. The molecule has 0 saturated heterocycles. The Bertz CT molecular complexity index is 1040. The third-order valence-electron chi connectivity index (χ3n) is 10.6. The number of carbonyl (C=O) groups excluding carboxylic acids is 2. The molecule has 0 aliphatic carbocycles. The van der Waals surface area contributed by atoms with Crippen LogP contribution in [0.3, 0.4) is 0 Å². The van der Waals surface area contributed by atoms with Crippen LogP contribution >= 0.6 is 0 Å². The summed E-state index contributed by atoms with van der Waals surface area (Å²) in [5.74, 6) is 1.05. The topological polar surface area (TPSA) is 131 Å². The number of hydrogen-bond acceptors (Lipinski definition) is 7. The molecular formula is C43H86N4O6S. The maximum Gasteiger partial charge on any atom is 0.357 e. The van der Waals surface area contributed by atoms with Crippen molar-refractivity contribution in [1.82, 2.24) is 15.5 Å². The van der Waals surface area contributed by atoms with Gasteiger partial charge < -0.3 is 9.87 Å². The molecule has 0 fully saturated rings. The standard InChI is InChI=1S/C42H82N4O2.CH4O4S/c1-5-7-9-11-13-15-17-19-21-23-25-27-29-31-33-35-40(47)43-39(3)46-38-37-45(4)42(46)44-41(48)36-34-32-30-28-26-24-22-20-18-16-14-12-10-8-6-2;1-5-6(2,3)4/h39H,5-38H2,1-4H3,(H,43,47);1H3,(H,2,3,4). The highest BCUT2D eigenvalue weighted by molar-refractivity contribution is 7.80. The summed E-state index contributed by atoms with van der Waals surface area (Å²) in [6.07, 6.45) is 41.0. The number of nitrogens with zero attached hydrogens (tertiary/aromatic N) is 2. The summed E-state index contributed by atoms with van der Waals surface area (Å²) >= 11 is 0. The molecule has 1 unspecified atom stereocenters. The third-order valence-corrected chi connectivity index (χ3v) is 11.0. The van der Waals surface area contributed by atoms with Gasteiger partial charge in [0.15, 0.2) is 0 Å². The monoisotopic (exact) mass is 787 g/mol. The summed E-state index contributed by atoms with van der Waals surface area (Å²) in [5.41, 5.74) is 0. The summed E-state index contributed by atoms with van der Waals surface area (Å²) in [4.78, 5) is 27.5. The van der Waals surface area contributed by atoms with Crippen molar-refractivity contribution < 1.29 is 31.3 Å². The Kier molecular flexibility index (Phi) is 35.7. The Morgan fingerprint density at radius 2 is 0.926 bits per heavy atom. The summed E-state index contributed by atoms with van der Waals surface area (Å²) in [7, 11) is -1.58. The second kappa shape index (κ2) is 36.9. The number of guanidine groups is 1. The predicted molar refractivity (Wildman–Crippen MR) is 224 cm³/mol. The molecule has 0 radical (unpaired) electrons. The molecule has 2 amide bonds. The molecule has 0 aromatic carbocycles. The largest absolute Gasteiger partial charge is 0.726 e. The highest BCUT2D eigenvalue weighted by atomic mass is 32.3. The third kappa shape index (κ3) is 33.6. The molecule has 10 nitrogen and oxygen atoms in total. The maximum absolute atomic E-state index is 12.8. The van der Waals surface area contributed by atoms with E-state index in [0.717, 1.165) is 51.8 Å². The maximum atomic E-state index is 12.8. The van der Waals surface area contributed by atoms with Gasteiger partial charge in [0.1, 0.15) is 6.17 Å². The normalized spacial score (nSPS) is 13.6. The van der Waals surface area contributed by atoms with Crippen LogP contribution in [-0.2, 0) is 24.2 Å². The Hall–Kier alpha value is -1.72. The summed E-state index contributed by atoms with van der Waals surface area (Å²) in [6.45, 7) is 8.27. The van der Waals surface area contributed by atoms with E-state index in [1.165, 1.54) is 167 Å². The fourth-order valence-corrected chi connectivity index (χ4v) is 7.12. The number of rotatable bonds is 35. The van der Waals surface area contributed by atoms with Crippen molar-refractivity contribution in [2.45, 2.75) is 232 Å². The second-order valence-corrected chi connectivity index (χ2v) is 16.9. The second-order valence-electron chi connectivity index (χ2n) is 15.7. The van der Waals surface area contributed by atoms with Crippen LogP contribution in [0.4, 0.5) is 0 Å². The van der Waals surface area contributed by atoms with E-state index in [1.807, 2.05) is 14.0 Å². The lowest BCUT2D eigenvalue weighted by atomic mass is 10.0. The minimum Gasteiger partial charge on any atom is -0.726 e. The van der Waals surface area contributed by atoms with Gasteiger partial charge in [-0.05, 0) is 19.8 Å². The van der Waals surface area contributed by atoms with Crippen molar-refractivity contribution in [2.75, 3.05) is 27.2 Å². The lowest BCUT2D eigenvalue weighted by Crippen LogP contribution is -2.48. The smallest absolute Gasteiger partial charge is 0.357 e. The van der Waals surface area contributed by atoms with E-state index in [9.17, 15) is 22.6 Å². The van der Waals surface area contributed by atoms with E-state index >= 15 is 0 Å². The van der Waals surface area contributed by atoms with Crippen LogP contribution < -0.4 is 10.6 Å². The van der Waals surface area contributed by atoms with Crippen LogP contribution in [0.15, 0.2) is 0 Å². The van der Waals surface area contributed by atoms with Gasteiger partial charge in [-0.15, -0.1) is 0 Å². The lowest BCUT2D eigenvalue weighted by Gasteiger charge is -2.17. The van der Waals surface area contributed by atoms with Crippen LogP contribution in [0, 0.1) is 0 Å². The molecule has 320 valence electrons. The van der Waals surface area contributed by atoms with E-state index in [1.54, 1.807) is 0 Å². The van der Waals surface area contributed by atoms with Gasteiger partial charge >= 0.3 is 5.96 Å². The van der Waals surface area contributed by atoms with Crippen LogP contribution in [-0.4, -0.2) is 73.6 Å². The number of carbonyl (C=O) groups is 2. The van der Waals surface area contributed by atoms with Crippen molar-refractivity contribution in [3.05, 3.63) is 0 Å². The average molecular weight is 787 g/mol. The fraction of sp³-hybridized carbons (Fsp3) is 0.930. The van der Waals surface area contributed by atoms with E-state index in [4.69, 9.17) is 0 Å². The molecule has 2 N–H and O–H groups in total. The van der Waals surface area contributed by atoms with Crippen molar-refractivity contribution in [3.63, 3.8) is 0 Å². The first-order valence-electron chi connectivity index (χ1n) is 22.5. The molecule has 54 heavy (non-hydrogen) atoms. The molecular weight excluding hydrogens is 701 g/mol. The molecule has 1 aliphatic rings. The molecule has 1 heterocycles. The van der Waals surface area contributed by atoms with Gasteiger partial charge in [0.25, 0.3) is 5.91 Å². The summed E-state index contributed by atoms with van der Waals surface area (Å²) < 4.78 is 33.2. The first kappa shape index (κ1) is 52.3. The summed E-state index contributed by atoms with van der Waals surface area (Å²) in [5, 5.41) is 6.34. The van der Waals surface area contributed by atoms with Gasteiger partial charge in [0, 0.05) is 12.8 Å². The number of nitrogens with one attached hydrogen (secondary N) is 2. The average Bonchev–Trinajstić information content (AvgIpc) is 3.50. The SMILES string of the molecule is CCCCCCCCCCCCCCCCCC(=O)NC1=[N+](C(C)NC(=O)CCCCCCCCCCCCCCCCC)CCN1C.COS(=O)(=O)[O-].